The lowest BCUT2D eigenvalue weighted by Crippen LogP contribution is -2.45. The monoisotopic (exact) mass is 530 g/mol. The summed E-state index contributed by atoms with van der Waals surface area (Å²) in [6.07, 6.45) is 0.187. The molecule has 8 heteroatoms. The number of nitrogens with one attached hydrogen (secondary N) is 2. The van der Waals surface area contributed by atoms with Crippen LogP contribution < -0.4 is 14.8 Å². The van der Waals surface area contributed by atoms with E-state index in [-0.39, 0.29) is 23.0 Å². The molecule has 0 saturated heterocycles. The average Bonchev–Trinajstić information content (AvgIpc) is 2.78. The third kappa shape index (κ3) is 6.66. The Morgan fingerprint density at radius 2 is 1.73 bits per heavy atom. The highest BCUT2D eigenvalue weighted by molar-refractivity contribution is 9.10. The van der Waals surface area contributed by atoms with Gasteiger partial charge in [0.25, 0.3) is 0 Å². The van der Waals surface area contributed by atoms with Crippen LogP contribution in [-0.4, -0.2) is 27.5 Å². The topological polar surface area (TPSA) is 84.5 Å². The molecule has 0 saturated carbocycles. The van der Waals surface area contributed by atoms with E-state index in [0.717, 1.165) is 15.6 Å². The summed E-state index contributed by atoms with van der Waals surface area (Å²) in [7, 11) is -2.65. The first-order valence-electron chi connectivity index (χ1n) is 10.5. The number of anilines is 1. The maximum Gasteiger partial charge on any atom is 0.245 e. The van der Waals surface area contributed by atoms with Crippen LogP contribution in [0, 0.1) is 0 Å². The predicted octanol–water partition coefficient (Wildman–Crippen LogP) is 5.11. The fraction of sp³-hybridized carbons (Fsp3) is 0.240. The van der Waals surface area contributed by atoms with Gasteiger partial charge in [0.15, 0.2) is 0 Å². The summed E-state index contributed by atoms with van der Waals surface area (Å²) in [6, 6.07) is 20.4. The molecule has 0 aliphatic heterocycles. The number of amides is 1. The van der Waals surface area contributed by atoms with E-state index in [1.165, 1.54) is 7.11 Å². The van der Waals surface area contributed by atoms with Gasteiger partial charge in [-0.1, -0.05) is 72.2 Å². The van der Waals surface area contributed by atoms with E-state index >= 15 is 0 Å². The van der Waals surface area contributed by atoms with Crippen molar-refractivity contribution in [2.24, 2.45) is 0 Å². The van der Waals surface area contributed by atoms with Gasteiger partial charge >= 0.3 is 0 Å². The van der Waals surface area contributed by atoms with Crippen LogP contribution in [0.15, 0.2) is 82.2 Å². The van der Waals surface area contributed by atoms with Crippen molar-refractivity contribution in [3.8, 4) is 5.75 Å². The lowest BCUT2D eigenvalue weighted by Gasteiger charge is -2.20. The van der Waals surface area contributed by atoms with Crippen LogP contribution >= 0.6 is 15.9 Å². The SMILES string of the molecule is COc1ccc(C(C)C)cc1S(=O)(=O)NC(Cc1ccccc1)C(=O)Nc1cccc(Br)c1. The second-order valence-corrected chi connectivity index (χ2v) is 10.5. The van der Waals surface area contributed by atoms with Gasteiger partial charge in [-0.25, -0.2) is 8.42 Å². The highest BCUT2D eigenvalue weighted by Crippen LogP contribution is 2.28. The second-order valence-electron chi connectivity index (χ2n) is 7.93. The van der Waals surface area contributed by atoms with Crippen molar-refractivity contribution < 1.29 is 17.9 Å². The number of hydrogen-bond acceptors (Lipinski definition) is 4. The van der Waals surface area contributed by atoms with Crippen LogP contribution in [-0.2, 0) is 21.2 Å². The first-order chi connectivity index (χ1) is 15.7. The predicted molar refractivity (Wildman–Crippen MR) is 134 cm³/mol. The molecule has 6 nitrogen and oxygen atoms in total. The van der Waals surface area contributed by atoms with Gasteiger partial charge in [-0.2, -0.15) is 4.72 Å². The van der Waals surface area contributed by atoms with Crippen molar-refractivity contribution in [2.45, 2.75) is 37.1 Å². The van der Waals surface area contributed by atoms with Gasteiger partial charge in [0.1, 0.15) is 16.7 Å². The maximum absolute atomic E-state index is 13.4. The largest absolute Gasteiger partial charge is 0.495 e. The third-order valence-electron chi connectivity index (χ3n) is 5.13. The van der Waals surface area contributed by atoms with Crippen molar-refractivity contribution in [1.82, 2.24) is 4.72 Å². The molecule has 0 radical (unpaired) electrons. The molecule has 3 aromatic rings. The number of hydrogen-bond donors (Lipinski definition) is 2. The van der Waals surface area contributed by atoms with E-state index in [4.69, 9.17) is 4.74 Å². The summed E-state index contributed by atoms with van der Waals surface area (Å²) >= 11 is 3.38. The Labute approximate surface area is 203 Å². The summed E-state index contributed by atoms with van der Waals surface area (Å²) < 4.78 is 35.6. The molecule has 33 heavy (non-hydrogen) atoms. The summed E-state index contributed by atoms with van der Waals surface area (Å²) in [5.41, 5.74) is 2.25. The molecule has 0 aliphatic carbocycles. The normalized spacial score (nSPS) is 12.4. The first kappa shape index (κ1) is 25.0. The summed E-state index contributed by atoms with van der Waals surface area (Å²) in [6.45, 7) is 3.96. The van der Waals surface area contributed by atoms with E-state index in [1.807, 2.05) is 56.3 Å². The molecule has 0 heterocycles. The van der Waals surface area contributed by atoms with E-state index in [9.17, 15) is 13.2 Å². The number of sulfonamides is 1. The highest BCUT2D eigenvalue weighted by Gasteiger charge is 2.29. The number of benzene rings is 3. The van der Waals surface area contributed by atoms with Crippen LogP contribution in [0.4, 0.5) is 5.69 Å². The molecule has 0 spiro atoms. The highest BCUT2D eigenvalue weighted by atomic mass is 79.9. The number of rotatable bonds is 9. The minimum Gasteiger partial charge on any atom is -0.495 e. The van der Waals surface area contributed by atoms with E-state index in [0.29, 0.717) is 5.69 Å². The van der Waals surface area contributed by atoms with Gasteiger partial charge in [0, 0.05) is 10.2 Å². The first-order valence-corrected chi connectivity index (χ1v) is 12.8. The Morgan fingerprint density at radius 3 is 2.36 bits per heavy atom. The minimum atomic E-state index is -4.07. The smallest absolute Gasteiger partial charge is 0.245 e. The molecular weight excluding hydrogens is 504 g/mol. The number of ether oxygens (including phenoxy) is 1. The Balaban J connectivity index is 1.95. The molecular formula is C25H27BrN2O4S. The molecule has 174 valence electrons. The molecule has 3 rings (SSSR count). The molecule has 1 unspecified atom stereocenters. The van der Waals surface area contributed by atoms with Crippen molar-refractivity contribution in [2.75, 3.05) is 12.4 Å². The maximum atomic E-state index is 13.4. The number of halogens is 1. The standard InChI is InChI=1S/C25H27BrN2O4S/c1-17(2)19-12-13-23(32-3)24(15-19)33(30,31)28-22(14-18-8-5-4-6-9-18)25(29)27-21-11-7-10-20(26)16-21/h4-13,15-17,22,28H,14H2,1-3H3,(H,27,29). The van der Waals surface area contributed by atoms with Crippen molar-refractivity contribution >= 4 is 37.5 Å². The Kier molecular flexibility index (Phi) is 8.29. The zero-order chi connectivity index (χ0) is 24.0. The van der Waals surface area contributed by atoms with Crippen LogP contribution in [0.25, 0.3) is 0 Å². The van der Waals surface area contributed by atoms with E-state index in [1.54, 1.807) is 30.3 Å². The quantitative estimate of drug-likeness (QED) is 0.402. The Bertz CT molecular complexity index is 1210. The lowest BCUT2D eigenvalue weighted by atomic mass is 10.0. The summed E-state index contributed by atoms with van der Waals surface area (Å²) in [4.78, 5) is 13.2. The molecule has 0 aromatic heterocycles. The lowest BCUT2D eigenvalue weighted by molar-refractivity contribution is -0.117. The zero-order valence-electron chi connectivity index (χ0n) is 18.7. The molecule has 1 atom stereocenters. The van der Waals surface area contributed by atoms with E-state index < -0.39 is 22.0 Å². The van der Waals surface area contributed by atoms with Crippen molar-refractivity contribution in [3.63, 3.8) is 0 Å². The molecule has 0 aliphatic rings. The van der Waals surface area contributed by atoms with Gasteiger partial charge in [0.2, 0.25) is 15.9 Å². The van der Waals surface area contributed by atoms with Gasteiger partial charge < -0.3 is 10.1 Å². The minimum absolute atomic E-state index is 0.00418. The molecule has 3 aromatic carbocycles. The average molecular weight is 531 g/mol. The van der Waals surface area contributed by atoms with Gasteiger partial charge in [-0.05, 0) is 53.8 Å². The molecule has 2 N–H and O–H groups in total. The Morgan fingerprint density at radius 1 is 1.00 bits per heavy atom. The van der Waals surface area contributed by atoms with Gasteiger partial charge in [-0.15, -0.1) is 0 Å². The summed E-state index contributed by atoms with van der Waals surface area (Å²) in [5.74, 6) is -0.109. The number of methoxy groups -OCH3 is 1. The fourth-order valence-electron chi connectivity index (χ4n) is 3.35. The molecule has 1 amide bonds. The van der Waals surface area contributed by atoms with Crippen molar-refractivity contribution in [3.05, 3.63) is 88.4 Å². The van der Waals surface area contributed by atoms with Gasteiger partial charge in [-0.3, -0.25) is 4.79 Å². The van der Waals surface area contributed by atoms with Crippen LogP contribution in [0.1, 0.15) is 30.9 Å². The van der Waals surface area contributed by atoms with Crippen LogP contribution in [0.2, 0.25) is 0 Å². The summed E-state index contributed by atoms with van der Waals surface area (Å²) in [5, 5.41) is 2.81. The molecule has 0 bridgehead atoms. The van der Waals surface area contributed by atoms with Crippen LogP contribution in [0.3, 0.4) is 0 Å². The number of carbonyl (C=O) groups excluding carboxylic acids is 1. The third-order valence-corrected chi connectivity index (χ3v) is 7.12. The number of carbonyl (C=O) groups is 1. The second kappa shape index (κ2) is 11.0. The Hall–Kier alpha value is -2.68. The van der Waals surface area contributed by atoms with E-state index in [2.05, 4.69) is 26.0 Å². The van der Waals surface area contributed by atoms with Crippen molar-refractivity contribution in [1.29, 1.82) is 0 Å². The molecule has 0 fully saturated rings. The van der Waals surface area contributed by atoms with Gasteiger partial charge in [0.05, 0.1) is 7.11 Å². The zero-order valence-corrected chi connectivity index (χ0v) is 21.1. The fourth-order valence-corrected chi connectivity index (χ4v) is 5.15. The van der Waals surface area contributed by atoms with Crippen LogP contribution in [0.5, 0.6) is 5.75 Å².